The van der Waals surface area contributed by atoms with Crippen molar-refractivity contribution in [1.29, 1.82) is 0 Å². The van der Waals surface area contributed by atoms with Crippen LogP contribution in [0.2, 0.25) is 0 Å². The van der Waals surface area contributed by atoms with Crippen molar-refractivity contribution in [1.82, 2.24) is 10.1 Å². The lowest BCUT2D eigenvalue weighted by atomic mass is 10.1. The van der Waals surface area contributed by atoms with E-state index in [1.54, 1.807) is 25.2 Å². The molecule has 1 amide bonds. The largest absolute Gasteiger partial charge is 0.355 e. The molecular weight excluding hydrogens is 314 g/mol. The predicted octanol–water partition coefficient (Wildman–Crippen LogP) is 3.89. The number of carbonyl (C=O) groups excluding carboxylic acids is 1. The van der Waals surface area contributed by atoms with E-state index in [4.69, 9.17) is 4.52 Å². The standard InChI is InChI=1S/C18H14F2N2O2/c1-22(11-13-4-2-3-5-15(13)20)18(23)16-10-17(24-21-16)12-6-8-14(19)9-7-12/h2-10H,11H2,1H3. The normalized spacial score (nSPS) is 10.6. The van der Waals surface area contributed by atoms with E-state index in [1.807, 2.05) is 0 Å². The minimum absolute atomic E-state index is 0.105. The number of nitrogens with zero attached hydrogens (tertiary/aromatic N) is 2. The third-order valence-electron chi connectivity index (χ3n) is 3.57. The van der Waals surface area contributed by atoms with Gasteiger partial charge < -0.3 is 9.42 Å². The SMILES string of the molecule is CN(Cc1ccccc1F)C(=O)c1cc(-c2ccc(F)cc2)on1. The van der Waals surface area contributed by atoms with Crippen LogP contribution in [0.5, 0.6) is 0 Å². The van der Waals surface area contributed by atoms with Gasteiger partial charge >= 0.3 is 0 Å². The maximum absolute atomic E-state index is 13.7. The molecule has 6 heteroatoms. The molecule has 0 atom stereocenters. The molecule has 0 spiro atoms. The lowest BCUT2D eigenvalue weighted by molar-refractivity contribution is 0.0773. The van der Waals surface area contributed by atoms with Crippen molar-refractivity contribution < 1.29 is 18.1 Å². The minimum Gasteiger partial charge on any atom is -0.355 e. The Morgan fingerprint density at radius 3 is 2.54 bits per heavy atom. The Morgan fingerprint density at radius 1 is 1.12 bits per heavy atom. The Bertz CT molecular complexity index is 859. The third kappa shape index (κ3) is 3.32. The van der Waals surface area contributed by atoms with E-state index < -0.39 is 5.91 Å². The number of hydrogen-bond donors (Lipinski definition) is 0. The fraction of sp³-hybridized carbons (Fsp3) is 0.111. The summed E-state index contributed by atoms with van der Waals surface area (Å²) in [5.74, 6) is -0.767. The molecule has 3 rings (SSSR count). The Balaban J connectivity index is 1.75. The van der Waals surface area contributed by atoms with Crippen molar-refractivity contribution in [3.63, 3.8) is 0 Å². The van der Waals surface area contributed by atoms with E-state index in [0.29, 0.717) is 16.9 Å². The Labute approximate surface area is 137 Å². The second kappa shape index (κ2) is 6.62. The van der Waals surface area contributed by atoms with Gasteiger partial charge in [0.1, 0.15) is 11.6 Å². The predicted molar refractivity (Wildman–Crippen MR) is 84.1 cm³/mol. The van der Waals surface area contributed by atoms with Crippen LogP contribution in [-0.2, 0) is 6.54 Å². The summed E-state index contributed by atoms with van der Waals surface area (Å²) in [5, 5.41) is 3.75. The highest BCUT2D eigenvalue weighted by atomic mass is 19.1. The van der Waals surface area contributed by atoms with E-state index in [-0.39, 0.29) is 23.9 Å². The average Bonchev–Trinajstić information content (AvgIpc) is 3.07. The second-order valence-electron chi connectivity index (χ2n) is 5.34. The summed E-state index contributed by atoms with van der Waals surface area (Å²) in [5.41, 5.74) is 1.13. The van der Waals surface area contributed by atoms with E-state index in [1.165, 1.54) is 41.3 Å². The summed E-state index contributed by atoms with van der Waals surface area (Å²) < 4.78 is 31.8. The average molecular weight is 328 g/mol. The van der Waals surface area contributed by atoms with Crippen molar-refractivity contribution in [2.24, 2.45) is 0 Å². The molecule has 4 nitrogen and oxygen atoms in total. The molecule has 0 radical (unpaired) electrons. The van der Waals surface area contributed by atoms with Crippen molar-refractivity contribution >= 4 is 5.91 Å². The molecule has 0 saturated heterocycles. The van der Waals surface area contributed by atoms with E-state index in [2.05, 4.69) is 5.16 Å². The summed E-state index contributed by atoms with van der Waals surface area (Å²) in [6.45, 7) is 0.115. The zero-order chi connectivity index (χ0) is 17.1. The van der Waals surface area contributed by atoms with E-state index >= 15 is 0 Å². The molecule has 0 N–H and O–H groups in total. The lowest BCUT2D eigenvalue weighted by Gasteiger charge is -2.15. The van der Waals surface area contributed by atoms with Crippen LogP contribution >= 0.6 is 0 Å². The summed E-state index contributed by atoms with van der Waals surface area (Å²) in [6.07, 6.45) is 0. The topological polar surface area (TPSA) is 46.3 Å². The number of hydrogen-bond acceptors (Lipinski definition) is 3. The first kappa shape index (κ1) is 15.9. The molecule has 0 aliphatic heterocycles. The van der Waals surface area contributed by atoms with Gasteiger partial charge in [0.2, 0.25) is 0 Å². The van der Waals surface area contributed by atoms with Gasteiger partial charge in [-0.3, -0.25) is 4.79 Å². The van der Waals surface area contributed by atoms with Crippen LogP contribution in [0.1, 0.15) is 16.1 Å². The second-order valence-corrected chi connectivity index (χ2v) is 5.34. The smallest absolute Gasteiger partial charge is 0.276 e. The number of rotatable bonds is 4. The zero-order valence-electron chi connectivity index (χ0n) is 12.9. The number of halogens is 2. The maximum Gasteiger partial charge on any atom is 0.276 e. The monoisotopic (exact) mass is 328 g/mol. The summed E-state index contributed by atoms with van der Waals surface area (Å²) in [7, 11) is 1.56. The third-order valence-corrected chi connectivity index (χ3v) is 3.57. The maximum atomic E-state index is 13.7. The van der Waals surface area contributed by atoms with Gasteiger partial charge in [-0.15, -0.1) is 0 Å². The first-order chi connectivity index (χ1) is 11.5. The van der Waals surface area contributed by atoms with Crippen LogP contribution in [-0.4, -0.2) is 23.0 Å². The highest BCUT2D eigenvalue weighted by Crippen LogP contribution is 2.21. The summed E-state index contributed by atoms with van der Waals surface area (Å²) in [4.78, 5) is 13.7. The highest BCUT2D eigenvalue weighted by Gasteiger charge is 2.18. The molecule has 3 aromatic rings. The molecule has 24 heavy (non-hydrogen) atoms. The molecule has 122 valence electrons. The summed E-state index contributed by atoms with van der Waals surface area (Å²) in [6, 6.07) is 13.4. The molecule has 0 aliphatic rings. The quantitative estimate of drug-likeness (QED) is 0.730. The van der Waals surface area contributed by atoms with Crippen LogP contribution in [0, 0.1) is 11.6 Å². The van der Waals surface area contributed by atoms with Gasteiger partial charge in [-0.1, -0.05) is 23.4 Å². The zero-order valence-corrected chi connectivity index (χ0v) is 12.9. The Kier molecular flexibility index (Phi) is 4.37. The van der Waals surface area contributed by atoms with Crippen molar-refractivity contribution in [2.75, 3.05) is 7.05 Å². The number of benzene rings is 2. The molecule has 1 heterocycles. The van der Waals surface area contributed by atoms with Gasteiger partial charge in [0.15, 0.2) is 11.5 Å². The van der Waals surface area contributed by atoms with Gasteiger partial charge in [0, 0.05) is 30.8 Å². The molecule has 1 aromatic heterocycles. The van der Waals surface area contributed by atoms with Crippen molar-refractivity contribution in [2.45, 2.75) is 6.54 Å². The van der Waals surface area contributed by atoms with Crippen LogP contribution < -0.4 is 0 Å². The van der Waals surface area contributed by atoms with Crippen LogP contribution in [0.15, 0.2) is 59.1 Å². The Hall–Kier alpha value is -3.02. The van der Waals surface area contributed by atoms with Crippen molar-refractivity contribution in [3.8, 4) is 11.3 Å². The Morgan fingerprint density at radius 2 is 1.83 bits per heavy atom. The molecule has 0 unspecified atom stereocenters. The molecule has 0 fully saturated rings. The minimum atomic E-state index is -0.393. The first-order valence-electron chi connectivity index (χ1n) is 7.26. The first-order valence-corrected chi connectivity index (χ1v) is 7.26. The molecule has 0 saturated carbocycles. The van der Waals surface area contributed by atoms with E-state index in [9.17, 15) is 13.6 Å². The number of aromatic nitrogens is 1. The lowest BCUT2D eigenvalue weighted by Crippen LogP contribution is -2.26. The highest BCUT2D eigenvalue weighted by molar-refractivity contribution is 5.92. The van der Waals surface area contributed by atoms with Gasteiger partial charge in [-0.2, -0.15) is 0 Å². The van der Waals surface area contributed by atoms with Crippen LogP contribution in [0.25, 0.3) is 11.3 Å². The van der Waals surface area contributed by atoms with Gasteiger partial charge in [0.25, 0.3) is 5.91 Å². The van der Waals surface area contributed by atoms with Gasteiger partial charge in [0.05, 0.1) is 0 Å². The number of carbonyl (C=O) groups is 1. The van der Waals surface area contributed by atoms with Gasteiger partial charge in [-0.25, -0.2) is 8.78 Å². The molecule has 0 bridgehead atoms. The molecular formula is C18H14F2N2O2. The van der Waals surface area contributed by atoms with Crippen LogP contribution in [0.3, 0.4) is 0 Å². The fourth-order valence-electron chi connectivity index (χ4n) is 2.28. The molecule has 2 aromatic carbocycles. The van der Waals surface area contributed by atoms with Crippen molar-refractivity contribution in [3.05, 3.63) is 77.5 Å². The van der Waals surface area contributed by atoms with Gasteiger partial charge in [-0.05, 0) is 30.3 Å². The number of amides is 1. The fourth-order valence-corrected chi connectivity index (χ4v) is 2.28. The molecule has 0 aliphatic carbocycles. The van der Waals surface area contributed by atoms with E-state index in [0.717, 1.165) is 0 Å². The van der Waals surface area contributed by atoms with Crippen LogP contribution in [0.4, 0.5) is 8.78 Å². The summed E-state index contributed by atoms with van der Waals surface area (Å²) >= 11 is 0.